The third-order valence-corrected chi connectivity index (χ3v) is 3.07. The highest BCUT2D eigenvalue weighted by atomic mass is 16.5. The number of aryl methyl sites for hydroxylation is 2. The fourth-order valence-electron chi connectivity index (χ4n) is 2.00. The van der Waals surface area contributed by atoms with E-state index in [1.165, 1.54) is 0 Å². The van der Waals surface area contributed by atoms with Gasteiger partial charge in [-0.15, -0.1) is 0 Å². The molecule has 0 bridgehead atoms. The van der Waals surface area contributed by atoms with E-state index < -0.39 is 0 Å². The van der Waals surface area contributed by atoms with Gasteiger partial charge in [-0.05, 0) is 31.0 Å². The summed E-state index contributed by atoms with van der Waals surface area (Å²) < 4.78 is 11.2. The average Bonchev–Trinajstić information content (AvgIpc) is 2.85. The zero-order chi connectivity index (χ0) is 14.5. The lowest BCUT2D eigenvalue weighted by Gasteiger charge is -2.08. The molecule has 5 nitrogen and oxygen atoms in total. The van der Waals surface area contributed by atoms with Crippen LogP contribution >= 0.6 is 0 Å². The van der Waals surface area contributed by atoms with E-state index in [9.17, 15) is 4.79 Å². The van der Waals surface area contributed by atoms with E-state index >= 15 is 0 Å². The number of ether oxygens (including phenoxy) is 1. The highest BCUT2D eigenvalue weighted by Gasteiger charge is 2.14. The van der Waals surface area contributed by atoms with Crippen LogP contribution in [0.15, 0.2) is 34.7 Å². The zero-order valence-electron chi connectivity index (χ0n) is 11.6. The lowest BCUT2D eigenvalue weighted by atomic mass is 10.1. The molecule has 5 heteroatoms. The summed E-state index contributed by atoms with van der Waals surface area (Å²) in [5, 5.41) is 0. The molecule has 0 radical (unpaired) electrons. The quantitative estimate of drug-likeness (QED) is 0.498. The first kappa shape index (κ1) is 14.1. The normalized spacial score (nSPS) is 10.3. The first-order chi connectivity index (χ1) is 9.65. The van der Waals surface area contributed by atoms with Crippen molar-refractivity contribution in [1.29, 1.82) is 0 Å². The maximum Gasteiger partial charge on any atom is 0.268 e. The smallest absolute Gasteiger partial charge is 0.268 e. The second kappa shape index (κ2) is 6.25. The van der Waals surface area contributed by atoms with Crippen LogP contribution in [0.3, 0.4) is 0 Å². The molecule has 0 aliphatic carbocycles. The van der Waals surface area contributed by atoms with Crippen molar-refractivity contribution in [2.24, 2.45) is 5.84 Å². The van der Waals surface area contributed by atoms with Gasteiger partial charge in [-0.25, -0.2) is 5.84 Å². The molecule has 1 heterocycles. The molecule has 1 aromatic heterocycles. The Kier molecular flexibility index (Phi) is 4.42. The summed E-state index contributed by atoms with van der Waals surface area (Å²) in [4.78, 5) is 11.5. The highest BCUT2D eigenvalue weighted by Crippen LogP contribution is 2.21. The molecule has 0 fully saturated rings. The number of furan rings is 1. The summed E-state index contributed by atoms with van der Waals surface area (Å²) in [6.07, 6.45) is 0.897. The largest absolute Gasteiger partial charge is 0.485 e. The van der Waals surface area contributed by atoms with Crippen molar-refractivity contribution in [2.75, 3.05) is 0 Å². The Morgan fingerprint density at radius 2 is 2.15 bits per heavy atom. The number of hydrogen-bond donors (Lipinski definition) is 2. The average molecular weight is 274 g/mol. The van der Waals surface area contributed by atoms with Crippen molar-refractivity contribution >= 4 is 5.91 Å². The van der Waals surface area contributed by atoms with Gasteiger partial charge in [0.05, 0.1) is 5.56 Å². The minimum atomic E-state index is -0.369. The fourth-order valence-corrected chi connectivity index (χ4v) is 2.00. The molecule has 2 aromatic rings. The lowest BCUT2D eigenvalue weighted by molar-refractivity contribution is 0.0952. The van der Waals surface area contributed by atoms with Gasteiger partial charge in [-0.3, -0.25) is 10.2 Å². The van der Waals surface area contributed by atoms with Crippen LogP contribution in [0.4, 0.5) is 0 Å². The number of carbonyl (C=O) groups is 1. The first-order valence-electron chi connectivity index (χ1n) is 6.46. The SMILES string of the molecule is CCc1ccccc1OCc1cc(C(=O)NN)c(C)o1. The van der Waals surface area contributed by atoms with Gasteiger partial charge in [0.2, 0.25) is 0 Å². The molecule has 0 saturated heterocycles. The van der Waals surface area contributed by atoms with Crippen molar-refractivity contribution in [3.63, 3.8) is 0 Å². The second-order valence-corrected chi connectivity index (χ2v) is 4.41. The van der Waals surface area contributed by atoms with Crippen molar-refractivity contribution < 1.29 is 13.9 Å². The monoisotopic (exact) mass is 274 g/mol. The number of nitrogens with one attached hydrogen (secondary N) is 1. The van der Waals surface area contributed by atoms with Crippen LogP contribution in [0.2, 0.25) is 0 Å². The second-order valence-electron chi connectivity index (χ2n) is 4.41. The summed E-state index contributed by atoms with van der Waals surface area (Å²) in [5.74, 6) is 6.68. The Balaban J connectivity index is 2.10. The zero-order valence-corrected chi connectivity index (χ0v) is 11.6. The van der Waals surface area contributed by atoms with Crippen molar-refractivity contribution in [2.45, 2.75) is 26.9 Å². The molecule has 20 heavy (non-hydrogen) atoms. The van der Waals surface area contributed by atoms with Crippen LogP contribution in [0.1, 0.15) is 34.4 Å². The Labute approximate surface area is 117 Å². The molecular formula is C15H18N2O3. The maximum atomic E-state index is 11.5. The van der Waals surface area contributed by atoms with Crippen LogP contribution in [0.25, 0.3) is 0 Å². The van der Waals surface area contributed by atoms with E-state index in [1.54, 1.807) is 13.0 Å². The van der Waals surface area contributed by atoms with E-state index in [1.807, 2.05) is 24.3 Å². The van der Waals surface area contributed by atoms with E-state index in [4.69, 9.17) is 15.0 Å². The van der Waals surface area contributed by atoms with Gasteiger partial charge in [-0.1, -0.05) is 25.1 Å². The summed E-state index contributed by atoms with van der Waals surface area (Å²) in [6, 6.07) is 9.49. The minimum absolute atomic E-state index is 0.274. The van der Waals surface area contributed by atoms with E-state index in [0.29, 0.717) is 17.1 Å². The molecule has 0 unspecified atom stereocenters. The van der Waals surface area contributed by atoms with Gasteiger partial charge < -0.3 is 9.15 Å². The predicted molar refractivity (Wildman–Crippen MR) is 75.3 cm³/mol. The van der Waals surface area contributed by atoms with E-state index in [2.05, 4.69) is 12.3 Å². The highest BCUT2D eigenvalue weighted by molar-refractivity contribution is 5.94. The molecule has 106 valence electrons. The number of para-hydroxylation sites is 1. The number of hydrogen-bond acceptors (Lipinski definition) is 4. The standard InChI is InChI=1S/C15H18N2O3/c1-3-11-6-4-5-7-14(11)19-9-12-8-13(10(2)20-12)15(18)17-16/h4-8H,3,9,16H2,1-2H3,(H,17,18). The number of nitrogens with two attached hydrogens (primary N) is 1. The Bertz CT molecular complexity index is 605. The van der Waals surface area contributed by atoms with Gasteiger partial charge in [0.25, 0.3) is 5.91 Å². The molecular weight excluding hydrogens is 256 g/mol. The number of rotatable bonds is 5. The molecule has 0 atom stereocenters. The van der Waals surface area contributed by atoms with Crippen LogP contribution in [-0.2, 0) is 13.0 Å². The van der Waals surface area contributed by atoms with Crippen molar-refractivity contribution in [1.82, 2.24) is 5.43 Å². The van der Waals surface area contributed by atoms with Gasteiger partial charge in [0.1, 0.15) is 23.9 Å². The third-order valence-electron chi connectivity index (χ3n) is 3.07. The lowest BCUT2D eigenvalue weighted by Crippen LogP contribution is -2.30. The molecule has 1 aromatic carbocycles. The van der Waals surface area contributed by atoms with Crippen molar-refractivity contribution in [3.8, 4) is 5.75 Å². The maximum absolute atomic E-state index is 11.5. The van der Waals surface area contributed by atoms with Gasteiger partial charge in [-0.2, -0.15) is 0 Å². The number of benzene rings is 1. The molecule has 0 aliphatic heterocycles. The Hall–Kier alpha value is -2.27. The number of carbonyl (C=O) groups excluding carboxylic acids is 1. The summed E-state index contributed by atoms with van der Waals surface area (Å²) in [6.45, 7) is 4.06. The molecule has 0 spiro atoms. The van der Waals surface area contributed by atoms with E-state index in [0.717, 1.165) is 17.7 Å². The van der Waals surface area contributed by atoms with Gasteiger partial charge in [0, 0.05) is 0 Å². The van der Waals surface area contributed by atoms with Crippen LogP contribution in [0, 0.1) is 6.92 Å². The third kappa shape index (κ3) is 3.00. The fraction of sp³-hybridized carbons (Fsp3) is 0.267. The molecule has 2 rings (SSSR count). The Morgan fingerprint density at radius 3 is 2.85 bits per heavy atom. The van der Waals surface area contributed by atoms with Crippen LogP contribution < -0.4 is 16.0 Å². The molecule has 0 aliphatic rings. The van der Waals surface area contributed by atoms with Crippen molar-refractivity contribution in [3.05, 3.63) is 53.0 Å². The predicted octanol–water partition coefficient (Wildman–Crippen LogP) is 2.33. The summed E-state index contributed by atoms with van der Waals surface area (Å²) in [5.41, 5.74) is 3.65. The van der Waals surface area contributed by atoms with Gasteiger partial charge >= 0.3 is 0 Å². The number of hydrazine groups is 1. The van der Waals surface area contributed by atoms with Crippen LogP contribution in [0.5, 0.6) is 5.75 Å². The van der Waals surface area contributed by atoms with E-state index in [-0.39, 0.29) is 12.5 Å². The molecule has 0 saturated carbocycles. The molecule has 1 amide bonds. The van der Waals surface area contributed by atoms with Gasteiger partial charge in [0.15, 0.2) is 0 Å². The topological polar surface area (TPSA) is 77.5 Å². The number of nitrogen functional groups attached to an aromatic ring is 1. The Morgan fingerprint density at radius 1 is 1.40 bits per heavy atom. The first-order valence-corrected chi connectivity index (χ1v) is 6.46. The number of amides is 1. The summed E-state index contributed by atoms with van der Waals surface area (Å²) in [7, 11) is 0. The minimum Gasteiger partial charge on any atom is -0.485 e. The van der Waals surface area contributed by atoms with Crippen LogP contribution in [-0.4, -0.2) is 5.91 Å². The summed E-state index contributed by atoms with van der Waals surface area (Å²) >= 11 is 0. The molecule has 3 N–H and O–H groups in total.